The van der Waals surface area contributed by atoms with Crippen LogP contribution in [0.1, 0.15) is 36.9 Å². The molecule has 4 aromatic rings. The van der Waals surface area contributed by atoms with Crippen LogP contribution in [-0.4, -0.2) is 40.9 Å². The van der Waals surface area contributed by atoms with Crippen molar-refractivity contribution in [3.63, 3.8) is 0 Å². The average molecular weight is 546 g/mol. The first kappa shape index (κ1) is 27.6. The van der Waals surface area contributed by atoms with Gasteiger partial charge in [0.05, 0.1) is 31.8 Å². The van der Waals surface area contributed by atoms with Crippen LogP contribution in [0.15, 0.2) is 51.7 Å². The average Bonchev–Trinajstić information content (AvgIpc) is 3.35. The molecule has 206 valence electrons. The highest BCUT2D eigenvalue weighted by molar-refractivity contribution is 5.86. The summed E-state index contributed by atoms with van der Waals surface area (Å²) in [6.07, 6.45) is -2.66. The Morgan fingerprint density at radius 2 is 1.64 bits per heavy atom. The summed E-state index contributed by atoms with van der Waals surface area (Å²) in [5.41, 5.74) is 0.960. The molecule has 0 spiro atoms. The summed E-state index contributed by atoms with van der Waals surface area (Å²) in [6, 6.07) is 10.3. The van der Waals surface area contributed by atoms with Gasteiger partial charge in [0.1, 0.15) is 28.6 Å². The van der Waals surface area contributed by atoms with E-state index in [4.69, 9.17) is 13.9 Å². The summed E-state index contributed by atoms with van der Waals surface area (Å²) in [4.78, 5) is 16.0. The number of aryl methyl sites for hydroxylation is 1. The van der Waals surface area contributed by atoms with Crippen molar-refractivity contribution in [2.24, 2.45) is 0 Å². The highest BCUT2D eigenvalue weighted by atomic mass is 19.4. The molecule has 0 saturated heterocycles. The first-order valence-corrected chi connectivity index (χ1v) is 12.0. The summed E-state index contributed by atoms with van der Waals surface area (Å²) in [7, 11) is 2.97. The first-order valence-electron chi connectivity index (χ1n) is 12.0. The van der Waals surface area contributed by atoms with Crippen LogP contribution in [-0.2, 0) is 12.8 Å². The molecule has 4 rings (SSSR count). The predicted molar refractivity (Wildman–Crippen MR) is 135 cm³/mol. The van der Waals surface area contributed by atoms with Crippen LogP contribution in [0.2, 0.25) is 0 Å². The molecule has 0 amide bonds. The zero-order valence-electron chi connectivity index (χ0n) is 21.4. The second-order valence-electron chi connectivity index (χ2n) is 8.54. The van der Waals surface area contributed by atoms with Crippen molar-refractivity contribution in [1.29, 1.82) is 0 Å². The molecule has 2 N–H and O–H groups in total. The molecular weight excluding hydrogens is 519 g/mol. The van der Waals surface area contributed by atoms with Gasteiger partial charge >= 0.3 is 6.36 Å². The maximum atomic E-state index is 13.1. The molecule has 12 heteroatoms. The highest BCUT2D eigenvalue weighted by Crippen LogP contribution is 2.46. The van der Waals surface area contributed by atoms with Crippen molar-refractivity contribution in [3.05, 3.63) is 70.0 Å². The molecule has 0 bridgehead atoms. The third kappa shape index (κ3) is 6.16. The molecule has 39 heavy (non-hydrogen) atoms. The standard InChI is InChI=1S/C27H26F3N3O6/c1-4-5-7-17-21(22-18(36-2)8-6-9-19(22)37-3)24(34)23(25(35)31-17)26-33-32-20(38-26)14-15-10-12-16(13-11-15)39-27(28,29)30/h6,8-13H,4-5,7,14H2,1-3H3,(H2,31,34,35). The monoisotopic (exact) mass is 545 g/mol. The molecule has 9 nitrogen and oxygen atoms in total. The van der Waals surface area contributed by atoms with E-state index in [9.17, 15) is 23.1 Å². The quantitative estimate of drug-likeness (QED) is 0.263. The lowest BCUT2D eigenvalue weighted by Gasteiger charge is -2.18. The minimum Gasteiger partial charge on any atom is -0.506 e. The maximum Gasteiger partial charge on any atom is 0.573 e. The van der Waals surface area contributed by atoms with Crippen LogP contribution in [0.4, 0.5) is 13.2 Å². The minimum atomic E-state index is -4.79. The van der Waals surface area contributed by atoms with Crippen molar-refractivity contribution < 1.29 is 36.9 Å². The van der Waals surface area contributed by atoms with Crippen LogP contribution in [0.25, 0.3) is 22.6 Å². The Kier molecular flexibility index (Phi) is 8.12. The van der Waals surface area contributed by atoms with Crippen LogP contribution >= 0.6 is 0 Å². The number of nitrogens with one attached hydrogen (secondary N) is 1. The number of H-pyrrole nitrogens is 1. The lowest BCUT2D eigenvalue weighted by molar-refractivity contribution is -0.274. The molecular formula is C27H26F3N3O6. The number of ether oxygens (including phenoxy) is 3. The summed E-state index contributed by atoms with van der Waals surface area (Å²) < 4.78 is 57.9. The number of rotatable bonds is 10. The molecule has 2 aromatic carbocycles. The van der Waals surface area contributed by atoms with Crippen LogP contribution in [0.5, 0.6) is 23.0 Å². The van der Waals surface area contributed by atoms with E-state index in [-0.39, 0.29) is 35.3 Å². The van der Waals surface area contributed by atoms with Gasteiger partial charge in [0.25, 0.3) is 11.4 Å². The van der Waals surface area contributed by atoms with Crippen LogP contribution in [0.3, 0.4) is 0 Å². The number of hydrogen-bond acceptors (Lipinski definition) is 8. The number of pyridine rings is 1. The summed E-state index contributed by atoms with van der Waals surface area (Å²) >= 11 is 0. The van der Waals surface area contributed by atoms with Crippen LogP contribution < -0.4 is 19.8 Å². The first-order chi connectivity index (χ1) is 18.6. The van der Waals surface area contributed by atoms with Gasteiger partial charge in [-0.25, -0.2) is 0 Å². The van der Waals surface area contributed by atoms with E-state index in [0.29, 0.717) is 40.3 Å². The third-order valence-electron chi connectivity index (χ3n) is 5.92. The topological polar surface area (TPSA) is 120 Å². The third-order valence-corrected chi connectivity index (χ3v) is 5.92. The van der Waals surface area contributed by atoms with Gasteiger partial charge in [0.15, 0.2) is 0 Å². The second kappa shape index (κ2) is 11.5. The number of methoxy groups -OCH3 is 2. The smallest absolute Gasteiger partial charge is 0.506 e. The van der Waals surface area contributed by atoms with E-state index < -0.39 is 11.9 Å². The molecule has 2 heterocycles. The summed E-state index contributed by atoms with van der Waals surface area (Å²) in [6.45, 7) is 2.01. The van der Waals surface area contributed by atoms with Gasteiger partial charge in [-0.2, -0.15) is 0 Å². The van der Waals surface area contributed by atoms with Crippen molar-refractivity contribution >= 4 is 0 Å². The molecule has 0 saturated carbocycles. The van der Waals surface area contributed by atoms with Gasteiger partial charge in [0.2, 0.25) is 5.89 Å². The fourth-order valence-corrected chi connectivity index (χ4v) is 4.15. The Morgan fingerprint density at radius 3 is 2.23 bits per heavy atom. The Balaban J connectivity index is 1.75. The number of aromatic nitrogens is 3. The molecule has 0 aliphatic heterocycles. The predicted octanol–water partition coefficient (Wildman–Crippen LogP) is 5.65. The normalized spacial score (nSPS) is 11.4. The Bertz CT molecular complexity index is 1470. The highest BCUT2D eigenvalue weighted by Gasteiger charge is 2.31. The molecule has 0 radical (unpaired) electrons. The van der Waals surface area contributed by atoms with E-state index in [1.165, 1.54) is 38.5 Å². The van der Waals surface area contributed by atoms with Gasteiger partial charge in [-0.05, 0) is 42.7 Å². The lowest BCUT2D eigenvalue weighted by Crippen LogP contribution is -2.17. The molecule has 0 aliphatic rings. The SMILES string of the molecule is CCCCc1[nH]c(=O)c(-c2nnc(Cc3ccc(OC(F)(F)F)cc3)o2)c(O)c1-c1c(OC)cccc1OC. The molecule has 2 aromatic heterocycles. The molecule has 0 aliphatic carbocycles. The van der Waals surface area contributed by atoms with Crippen molar-refractivity contribution in [1.82, 2.24) is 15.2 Å². The van der Waals surface area contributed by atoms with Gasteiger partial charge < -0.3 is 28.7 Å². The van der Waals surface area contributed by atoms with Gasteiger partial charge in [-0.15, -0.1) is 23.4 Å². The minimum absolute atomic E-state index is 0.0692. The number of benzene rings is 2. The number of unbranched alkanes of at least 4 members (excludes halogenated alkanes) is 1. The van der Waals surface area contributed by atoms with Crippen molar-refractivity contribution in [2.75, 3.05) is 14.2 Å². The molecule has 0 atom stereocenters. The van der Waals surface area contributed by atoms with E-state index in [1.54, 1.807) is 18.2 Å². The summed E-state index contributed by atoms with van der Waals surface area (Å²) in [5, 5.41) is 19.4. The van der Waals surface area contributed by atoms with Gasteiger partial charge in [-0.1, -0.05) is 31.5 Å². The zero-order chi connectivity index (χ0) is 28.2. The zero-order valence-corrected chi connectivity index (χ0v) is 21.4. The maximum absolute atomic E-state index is 13.1. The summed E-state index contributed by atoms with van der Waals surface area (Å²) in [5.74, 6) is -0.0419. The Morgan fingerprint density at radius 1 is 0.974 bits per heavy atom. The number of aromatic hydroxyl groups is 1. The van der Waals surface area contributed by atoms with Crippen molar-refractivity contribution in [3.8, 4) is 45.6 Å². The largest absolute Gasteiger partial charge is 0.573 e. The number of hydrogen-bond donors (Lipinski definition) is 2. The fraction of sp³-hybridized carbons (Fsp3) is 0.296. The molecule has 0 fully saturated rings. The van der Waals surface area contributed by atoms with Crippen molar-refractivity contribution in [2.45, 2.75) is 39.0 Å². The van der Waals surface area contributed by atoms with Gasteiger partial charge in [-0.3, -0.25) is 4.79 Å². The van der Waals surface area contributed by atoms with E-state index in [2.05, 4.69) is 19.9 Å². The van der Waals surface area contributed by atoms with E-state index in [0.717, 1.165) is 12.8 Å². The van der Waals surface area contributed by atoms with E-state index >= 15 is 0 Å². The number of halogens is 3. The Labute approximate surface area is 221 Å². The van der Waals surface area contributed by atoms with Crippen LogP contribution in [0, 0.1) is 0 Å². The number of alkyl halides is 3. The number of aromatic amines is 1. The fourth-order valence-electron chi connectivity index (χ4n) is 4.15. The Hall–Kier alpha value is -4.48. The van der Waals surface area contributed by atoms with Gasteiger partial charge in [0, 0.05) is 5.69 Å². The number of nitrogens with zero attached hydrogens (tertiary/aromatic N) is 2. The second-order valence-corrected chi connectivity index (χ2v) is 8.54. The van der Waals surface area contributed by atoms with E-state index in [1.807, 2.05) is 6.92 Å². The molecule has 0 unspecified atom stereocenters. The lowest BCUT2D eigenvalue weighted by atomic mass is 9.96.